The minimum absolute atomic E-state index is 0.0957. The molecule has 22 heavy (non-hydrogen) atoms. The first-order chi connectivity index (χ1) is 10.8. The largest absolute Gasteiger partial charge is 0.482 e. The van der Waals surface area contributed by atoms with Crippen LogP contribution in [-0.2, 0) is 6.54 Å². The topological polar surface area (TPSA) is 12.5 Å². The summed E-state index contributed by atoms with van der Waals surface area (Å²) in [5.41, 5.74) is 2.49. The third-order valence-corrected chi connectivity index (χ3v) is 4.75. The Labute approximate surface area is 132 Å². The van der Waals surface area contributed by atoms with Gasteiger partial charge in [0.2, 0.25) is 0 Å². The Morgan fingerprint density at radius 2 is 1.64 bits per heavy atom. The first kappa shape index (κ1) is 13.6. The van der Waals surface area contributed by atoms with Crippen molar-refractivity contribution in [2.45, 2.75) is 25.0 Å². The predicted octanol–water partition coefficient (Wildman–Crippen LogP) is 4.13. The van der Waals surface area contributed by atoms with Crippen LogP contribution in [0.25, 0.3) is 6.08 Å². The molecule has 2 aliphatic heterocycles. The Hall–Kier alpha value is -2.06. The molecule has 1 fully saturated rings. The molecular weight excluding hydrogens is 270 g/mol. The lowest BCUT2D eigenvalue weighted by atomic mass is 9.88. The third kappa shape index (κ3) is 2.67. The average Bonchev–Trinajstić information content (AvgIpc) is 2.58. The molecule has 2 aliphatic rings. The van der Waals surface area contributed by atoms with Gasteiger partial charge >= 0.3 is 0 Å². The number of para-hydroxylation sites is 1. The molecule has 2 aromatic carbocycles. The molecule has 112 valence electrons. The SMILES string of the molecule is C1=CC2(CCN(Cc3ccccc3)CC2)Oc2ccccc21. The summed E-state index contributed by atoms with van der Waals surface area (Å²) in [6.07, 6.45) is 6.62. The van der Waals surface area contributed by atoms with E-state index in [0.717, 1.165) is 38.2 Å². The van der Waals surface area contributed by atoms with Gasteiger partial charge in [0.1, 0.15) is 11.4 Å². The van der Waals surface area contributed by atoms with Crippen molar-refractivity contribution in [2.75, 3.05) is 13.1 Å². The monoisotopic (exact) mass is 291 g/mol. The van der Waals surface area contributed by atoms with E-state index in [0.29, 0.717) is 0 Å². The van der Waals surface area contributed by atoms with Gasteiger partial charge in [-0.3, -0.25) is 4.90 Å². The quantitative estimate of drug-likeness (QED) is 0.825. The van der Waals surface area contributed by atoms with Gasteiger partial charge in [-0.15, -0.1) is 0 Å². The maximum Gasteiger partial charge on any atom is 0.130 e. The van der Waals surface area contributed by atoms with Crippen LogP contribution in [0.2, 0.25) is 0 Å². The van der Waals surface area contributed by atoms with Crippen LogP contribution >= 0.6 is 0 Å². The number of ether oxygens (including phenoxy) is 1. The number of benzene rings is 2. The zero-order chi connectivity index (χ0) is 14.8. The maximum atomic E-state index is 6.35. The Kier molecular flexibility index (Phi) is 3.47. The zero-order valence-corrected chi connectivity index (χ0v) is 12.7. The maximum absolute atomic E-state index is 6.35. The molecule has 0 unspecified atom stereocenters. The summed E-state index contributed by atoms with van der Waals surface area (Å²) >= 11 is 0. The fraction of sp³-hybridized carbons (Fsp3) is 0.300. The summed E-state index contributed by atoms with van der Waals surface area (Å²) in [7, 11) is 0. The van der Waals surface area contributed by atoms with E-state index in [9.17, 15) is 0 Å². The second kappa shape index (κ2) is 5.62. The lowest BCUT2D eigenvalue weighted by Crippen LogP contribution is -2.47. The fourth-order valence-electron chi connectivity index (χ4n) is 3.41. The summed E-state index contributed by atoms with van der Waals surface area (Å²) in [5, 5.41) is 0. The van der Waals surface area contributed by atoms with E-state index in [1.165, 1.54) is 11.1 Å². The molecule has 1 saturated heterocycles. The third-order valence-electron chi connectivity index (χ3n) is 4.75. The van der Waals surface area contributed by atoms with Gasteiger partial charge in [-0.2, -0.15) is 0 Å². The van der Waals surface area contributed by atoms with Crippen molar-refractivity contribution in [1.29, 1.82) is 0 Å². The first-order valence-electron chi connectivity index (χ1n) is 8.07. The molecule has 0 atom stereocenters. The van der Waals surface area contributed by atoms with Gasteiger partial charge in [0.05, 0.1) is 0 Å². The van der Waals surface area contributed by atoms with Crippen LogP contribution in [-0.4, -0.2) is 23.6 Å². The molecule has 0 amide bonds. The number of likely N-dealkylation sites (tertiary alicyclic amines) is 1. The number of hydrogen-bond acceptors (Lipinski definition) is 2. The van der Waals surface area contributed by atoms with Crippen LogP contribution in [0.1, 0.15) is 24.0 Å². The summed E-state index contributed by atoms with van der Waals surface area (Å²) in [6, 6.07) is 19.0. The van der Waals surface area contributed by atoms with Crippen molar-refractivity contribution in [2.24, 2.45) is 0 Å². The molecular formula is C20H21NO. The highest BCUT2D eigenvalue weighted by Gasteiger charge is 2.36. The van der Waals surface area contributed by atoms with Crippen LogP contribution in [0.4, 0.5) is 0 Å². The van der Waals surface area contributed by atoms with Gasteiger partial charge in [0.25, 0.3) is 0 Å². The van der Waals surface area contributed by atoms with Crippen LogP contribution in [0.3, 0.4) is 0 Å². The van der Waals surface area contributed by atoms with E-state index in [1.807, 2.05) is 0 Å². The molecule has 2 heterocycles. The van der Waals surface area contributed by atoms with Gasteiger partial charge < -0.3 is 4.74 Å². The summed E-state index contributed by atoms with van der Waals surface area (Å²) in [6.45, 7) is 3.21. The molecule has 2 nitrogen and oxygen atoms in total. The summed E-state index contributed by atoms with van der Waals surface area (Å²) in [4.78, 5) is 2.53. The first-order valence-corrected chi connectivity index (χ1v) is 8.07. The van der Waals surface area contributed by atoms with Gasteiger partial charge in [0, 0.05) is 38.0 Å². The summed E-state index contributed by atoms with van der Waals surface area (Å²) < 4.78 is 6.35. The van der Waals surface area contributed by atoms with Crippen molar-refractivity contribution in [1.82, 2.24) is 4.90 Å². The average molecular weight is 291 g/mol. The molecule has 0 radical (unpaired) electrons. The van der Waals surface area contributed by atoms with Crippen LogP contribution < -0.4 is 4.74 Å². The molecule has 0 N–H and O–H groups in total. The van der Waals surface area contributed by atoms with E-state index in [-0.39, 0.29) is 5.60 Å². The standard InChI is InChI=1S/C20H21NO/c1-2-6-17(7-3-1)16-21-14-12-20(13-15-21)11-10-18-8-4-5-9-19(18)22-20/h1-11H,12-16H2. The molecule has 1 spiro atoms. The van der Waals surface area contributed by atoms with Crippen molar-refractivity contribution in [3.8, 4) is 5.75 Å². The Morgan fingerprint density at radius 3 is 2.45 bits per heavy atom. The van der Waals surface area contributed by atoms with E-state index in [1.54, 1.807) is 0 Å². The highest BCUT2D eigenvalue weighted by Crippen LogP contribution is 2.37. The number of piperidine rings is 1. The summed E-state index contributed by atoms with van der Waals surface area (Å²) in [5.74, 6) is 1.03. The number of nitrogens with zero attached hydrogens (tertiary/aromatic N) is 1. The van der Waals surface area contributed by atoms with E-state index < -0.39 is 0 Å². The van der Waals surface area contributed by atoms with Gasteiger partial charge in [-0.25, -0.2) is 0 Å². The van der Waals surface area contributed by atoms with Gasteiger partial charge in [0.15, 0.2) is 0 Å². The lowest BCUT2D eigenvalue weighted by molar-refractivity contribution is 0.0361. The Bertz CT molecular complexity index is 669. The normalized spacial score (nSPS) is 19.6. The van der Waals surface area contributed by atoms with E-state index >= 15 is 0 Å². The fourth-order valence-corrected chi connectivity index (χ4v) is 3.41. The van der Waals surface area contributed by atoms with Crippen LogP contribution in [0.15, 0.2) is 60.7 Å². The zero-order valence-electron chi connectivity index (χ0n) is 12.7. The molecule has 2 heteroatoms. The molecule has 0 saturated carbocycles. The minimum Gasteiger partial charge on any atom is -0.482 e. The van der Waals surface area contributed by atoms with Gasteiger partial charge in [-0.05, 0) is 17.7 Å². The number of rotatable bonds is 2. The van der Waals surface area contributed by atoms with Crippen molar-refractivity contribution in [3.05, 3.63) is 71.8 Å². The molecule has 2 aromatic rings. The van der Waals surface area contributed by atoms with Crippen molar-refractivity contribution >= 4 is 6.08 Å². The molecule has 0 aliphatic carbocycles. The van der Waals surface area contributed by atoms with Crippen molar-refractivity contribution < 1.29 is 4.74 Å². The highest BCUT2D eigenvalue weighted by molar-refractivity contribution is 5.60. The molecule has 4 rings (SSSR count). The molecule has 0 bridgehead atoms. The van der Waals surface area contributed by atoms with E-state index in [2.05, 4.69) is 71.6 Å². The lowest BCUT2D eigenvalue weighted by Gasteiger charge is -2.42. The number of fused-ring (bicyclic) bond motifs is 1. The van der Waals surface area contributed by atoms with Gasteiger partial charge in [-0.1, -0.05) is 54.6 Å². The predicted molar refractivity (Wildman–Crippen MR) is 89.8 cm³/mol. The Morgan fingerprint density at radius 1 is 0.909 bits per heavy atom. The minimum atomic E-state index is -0.0957. The molecule has 0 aromatic heterocycles. The van der Waals surface area contributed by atoms with Crippen LogP contribution in [0, 0.1) is 0 Å². The van der Waals surface area contributed by atoms with Crippen molar-refractivity contribution in [3.63, 3.8) is 0 Å². The van der Waals surface area contributed by atoms with Crippen LogP contribution in [0.5, 0.6) is 5.75 Å². The second-order valence-corrected chi connectivity index (χ2v) is 6.30. The number of hydrogen-bond donors (Lipinski definition) is 0. The van der Waals surface area contributed by atoms with E-state index in [4.69, 9.17) is 4.74 Å². The highest BCUT2D eigenvalue weighted by atomic mass is 16.5. The smallest absolute Gasteiger partial charge is 0.130 e. The second-order valence-electron chi connectivity index (χ2n) is 6.30. The Balaban J connectivity index is 1.42.